The highest BCUT2D eigenvalue weighted by atomic mass is 127. The Morgan fingerprint density at radius 3 is 2.46 bits per heavy atom. The van der Waals surface area contributed by atoms with Gasteiger partial charge < -0.3 is 4.74 Å². The van der Waals surface area contributed by atoms with Crippen LogP contribution < -0.4 is 20.9 Å². The van der Waals surface area contributed by atoms with Crippen LogP contribution in [0.1, 0.15) is 10.4 Å². The molecule has 0 aliphatic rings. The number of thiocarbonyl (C=S) groups is 1. The maximum absolute atomic E-state index is 12.1. The Morgan fingerprint density at radius 1 is 0.929 bits per heavy atom. The maximum Gasteiger partial charge on any atom is 0.270 e. The van der Waals surface area contributed by atoms with E-state index >= 15 is 0 Å². The first-order valence-electron chi connectivity index (χ1n) is 8.30. The molecule has 0 aliphatic carbocycles. The van der Waals surface area contributed by atoms with Gasteiger partial charge in [0.25, 0.3) is 11.8 Å². The van der Waals surface area contributed by atoms with Crippen molar-refractivity contribution in [3.05, 3.63) is 75.9 Å². The van der Waals surface area contributed by atoms with Gasteiger partial charge in [-0.25, -0.2) is 0 Å². The highest BCUT2D eigenvalue weighted by molar-refractivity contribution is 14.1. The number of fused-ring (bicyclic) bond motifs is 1. The van der Waals surface area contributed by atoms with Gasteiger partial charge in [0.2, 0.25) is 0 Å². The van der Waals surface area contributed by atoms with Gasteiger partial charge in [0.05, 0.1) is 5.56 Å². The lowest BCUT2D eigenvalue weighted by Crippen LogP contribution is -2.49. The molecule has 0 aliphatic heterocycles. The van der Waals surface area contributed by atoms with Crippen molar-refractivity contribution in [1.82, 2.24) is 16.2 Å². The van der Waals surface area contributed by atoms with Crippen molar-refractivity contribution in [3.63, 3.8) is 0 Å². The molecule has 3 aromatic rings. The number of hydrogen-bond acceptors (Lipinski definition) is 4. The highest BCUT2D eigenvalue weighted by Gasteiger charge is 2.11. The molecule has 2 amide bonds. The van der Waals surface area contributed by atoms with Crippen LogP contribution in [0.4, 0.5) is 0 Å². The van der Waals surface area contributed by atoms with Crippen LogP contribution in [0.25, 0.3) is 10.8 Å². The topological polar surface area (TPSA) is 79.5 Å². The third kappa shape index (κ3) is 5.17. The van der Waals surface area contributed by atoms with Gasteiger partial charge in [-0.3, -0.25) is 25.8 Å². The second-order valence-corrected chi connectivity index (χ2v) is 7.27. The van der Waals surface area contributed by atoms with E-state index in [1.165, 1.54) is 0 Å². The van der Waals surface area contributed by atoms with Crippen LogP contribution in [-0.2, 0) is 4.79 Å². The summed E-state index contributed by atoms with van der Waals surface area (Å²) in [5, 5.41) is 4.38. The lowest BCUT2D eigenvalue weighted by Gasteiger charge is -2.12. The van der Waals surface area contributed by atoms with Crippen molar-refractivity contribution in [2.75, 3.05) is 6.61 Å². The highest BCUT2D eigenvalue weighted by Crippen LogP contribution is 2.24. The fourth-order valence-electron chi connectivity index (χ4n) is 2.49. The van der Waals surface area contributed by atoms with Gasteiger partial charge >= 0.3 is 0 Å². The molecule has 0 radical (unpaired) electrons. The molecule has 0 fully saturated rings. The number of halogens is 1. The van der Waals surface area contributed by atoms with Crippen molar-refractivity contribution in [2.24, 2.45) is 0 Å². The SMILES string of the molecule is O=C(COc1cccc2ccccc12)NC(=S)NNC(=O)c1ccccc1I. The average molecular weight is 505 g/mol. The Bertz CT molecular complexity index is 1040. The molecule has 8 heteroatoms. The number of hydrazine groups is 1. The summed E-state index contributed by atoms with van der Waals surface area (Å²) in [6.45, 7) is -0.208. The van der Waals surface area contributed by atoms with Crippen LogP contribution in [0.5, 0.6) is 5.75 Å². The van der Waals surface area contributed by atoms with Crippen LogP contribution in [0.15, 0.2) is 66.7 Å². The van der Waals surface area contributed by atoms with Crippen LogP contribution in [0.3, 0.4) is 0 Å². The van der Waals surface area contributed by atoms with Gasteiger partial charge in [-0.1, -0.05) is 48.5 Å². The molecule has 3 rings (SSSR count). The number of carbonyl (C=O) groups is 2. The van der Waals surface area contributed by atoms with E-state index in [1.54, 1.807) is 18.2 Å². The zero-order valence-corrected chi connectivity index (χ0v) is 17.5. The van der Waals surface area contributed by atoms with Gasteiger partial charge in [-0.2, -0.15) is 0 Å². The molecule has 0 spiro atoms. The minimum Gasteiger partial charge on any atom is -0.483 e. The normalized spacial score (nSPS) is 10.2. The van der Waals surface area contributed by atoms with E-state index in [0.717, 1.165) is 14.3 Å². The summed E-state index contributed by atoms with van der Waals surface area (Å²) >= 11 is 7.09. The van der Waals surface area contributed by atoms with E-state index in [1.807, 2.05) is 48.5 Å². The van der Waals surface area contributed by atoms with E-state index in [0.29, 0.717) is 11.3 Å². The van der Waals surface area contributed by atoms with E-state index in [2.05, 4.69) is 38.8 Å². The summed E-state index contributed by atoms with van der Waals surface area (Å²) in [6.07, 6.45) is 0. The summed E-state index contributed by atoms with van der Waals surface area (Å²) in [4.78, 5) is 24.2. The lowest BCUT2D eigenvalue weighted by atomic mass is 10.1. The van der Waals surface area contributed by atoms with Crippen molar-refractivity contribution >= 4 is 62.5 Å². The summed E-state index contributed by atoms with van der Waals surface area (Å²) in [5.41, 5.74) is 5.46. The number of carbonyl (C=O) groups excluding carboxylic acids is 2. The number of ether oxygens (including phenoxy) is 1. The molecule has 0 aromatic heterocycles. The van der Waals surface area contributed by atoms with Crippen molar-refractivity contribution in [1.29, 1.82) is 0 Å². The van der Waals surface area contributed by atoms with Crippen molar-refractivity contribution in [3.8, 4) is 5.75 Å². The largest absolute Gasteiger partial charge is 0.483 e. The quantitative estimate of drug-likeness (QED) is 0.289. The van der Waals surface area contributed by atoms with Gasteiger partial charge in [0, 0.05) is 8.96 Å². The third-order valence-electron chi connectivity index (χ3n) is 3.77. The van der Waals surface area contributed by atoms with E-state index < -0.39 is 5.91 Å². The third-order valence-corrected chi connectivity index (χ3v) is 4.91. The molecule has 0 bridgehead atoms. The van der Waals surface area contributed by atoms with Gasteiger partial charge in [0.15, 0.2) is 11.7 Å². The molecular formula is C20H16IN3O3S. The van der Waals surface area contributed by atoms with E-state index in [9.17, 15) is 9.59 Å². The fraction of sp³-hybridized carbons (Fsp3) is 0.0500. The predicted molar refractivity (Wildman–Crippen MR) is 120 cm³/mol. The van der Waals surface area contributed by atoms with Gasteiger partial charge in [0.1, 0.15) is 5.75 Å². The number of nitrogens with one attached hydrogen (secondary N) is 3. The monoisotopic (exact) mass is 505 g/mol. The summed E-state index contributed by atoms with van der Waals surface area (Å²) in [5.74, 6) is -0.179. The molecule has 0 heterocycles. The molecule has 0 saturated carbocycles. The summed E-state index contributed by atoms with van der Waals surface area (Å²) in [7, 11) is 0. The van der Waals surface area contributed by atoms with Gasteiger partial charge in [-0.15, -0.1) is 0 Å². The first-order valence-corrected chi connectivity index (χ1v) is 9.78. The zero-order valence-electron chi connectivity index (χ0n) is 14.6. The lowest BCUT2D eigenvalue weighted by molar-refractivity contribution is -0.121. The Labute approximate surface area is 180 Å². The Balaban J connectivity index is 1.49. The van der Waals surface area contributed by atoms with Crippen molar-refractivity contribution < 1.29 is 14.3 Å². The summed E-state index contributed by atoms with van der Waals surface area (Å²) < 4.78 is 6.41. The standard InChI is InChI=1S/C20H16IN3O3S/c21-16-10-4-3-9-15(16)19(26)23-24-20(28)22-18(25)12-27-17-11-5-7-13-6-1-2-8-14(13)17/h1-11H,12H2,(H,23,26)(H2,22,24,25,28). The molecule has 0 saturated heterocycles. The Morgan fingerprint density at radius 2 is 1.64 bits per heavy atom. The minimum atomic E-state index is -0.436. The number of benzene rings is 3. The molecule has 0 atom stereocenters. The predicted octanol–water partition coefficient (Wildman–Crippen LogP) is 3.16. The first-order chi connectivity index (χ1) is 13.5. The minimum absolute atomic E-state index is 0.0224. The second-order valence-electron chi connectivity index (χ2n) is 5.70. The fourth-order valence-corrected chi connectivity index (χ4v) is 3.28. The molecule has 3 N–H and O–H groups in total. The molecular weight excluding hydrogens is 489 g/mol. The van der Waals surface area contributed by atoms with Crippen LogP contribution in [0.2, 0.25) is 0 Å². The van der Waals surface area contributed by atoms with E-state index in [4.69, 9.17) is 17.0 Å². The second kappa shape index (κ2) is 9.47. The van der Waals surface area contributed by atoms with Crippen LogP contribution in [-0.4, -0.2) is 23.5 Å². The molecule has 0 unspecified atom stereocenters. The summed E-state index contributed by atoms with van der Waals surface area (Å²) in [6, 6.07) is 20.5. The average Bonchev–Trinajstić information content (AvgIpc) is 2.70. The maximum atomic E-state index is 12.1. The number of amides is 2. The molecule has 28 heavy (non-hydrogen) atoms. The smallest absolute Gasteiger partial charge is 0.270 e. The van der Waals surface area contributed by atoms with E-state index in [-0.39, 0.29) is 17.6 Å². The zero-order chi connectivity index (χ0) is 19.9. The number of rotatable bonds is 4. The number of hydrogen-bond donors (Lipinski definition) is 3. The molecule has 3 aromatic carbocycles. The van der Waals surface area contributed by atoms with Gasteiger partial charge in [-0.05, 0) is 58.4 Å². The molecule has 6 nitrogen and oxygen atoms in total. The Hall–Kier alpha value is -2.72. The van der Waals surface area contributed by atoms with Crippen LogP contribution in [0, 0.1) is 3.57 Å². The Kier molecular flexibility index (Phi) is 6.77. The molecule has 142 valence electrons. The first kappa shape index (κ1) is 20.0. The van der Waals surface area contributed by atoms with Crippen LogP contribution >= 0.6 is 34.8 Å². The van der Waals surface area contributed by atoms with Crippen molar-refractivity contribution in [2.45, 2.75) is 0 Å².